The van der Waals surface area contributed by atoms with Gasteiger partial charge in [-0.05, 0) is 62.1 Å². The van der Waals surface area contributed by atoms with Crippen LogP contribution in [-0.4, -0.2) is 18.2 Å². The SMILES string of the molecule is NC(=O)OC1CCC(Nc2ccc(C3CC3)cc2)CC1. The maximum Gasteiger partial charge on any atom is 0.404 e. The molecule has 0 heterocycles. The third kappa shape index (κ3) is 3.44. The largest absolute Gasteiger partial charge is 0.446 e. The van der Waals surface area contributed by atoms with Crippen LogP contribution >= 0.6 is 0 Å². The molecule has 0 saturated heterocycles. The van der Waals surface area contributed by atoms with Crippen LogP contribution in [0.5, 0.6) is 0 Å². The van der Waals surface area contributed by atoms with Crippen molar-refractivity contribution in [2.75, 3.05) is 5.32 Å². The second-order valence-electron chi connectivity index (χ2n) is 5.95. The molecule has 0 aliphatic heterocycles. The van der Waals surface area contributed by atoms with Crippen molar-refractivity contribution in [3.63, 3.8) is 0 Å². The number of primary amides is 1. The van der Waals surface area contributed by atoms with Gasteiger partial charge in [0.15, 0.2) is 0 Å². The molecule has 4 nitrogen and oxygen atoms in total. The molecule has 2 fully saturated rings. The summed E-state index contributed by atoms with van der Waals surface area (Å²) in [5.74, 6) is 0.811. The van der Waals surface area contributed by atoms with Crippen molar-refractivity contribution in [3.05, 3.63) is 29.8 Å². The van der Waals surface area contributed by atoms with Gasteiger partial charge in [0.05, 0.1) is 0 Å². The summed E-state index contributed by atoms with van der Waals surface area (Å²) in [7, 11) is 0. The van der Waals surface area contributed by atoms with Gasteiger partial charge in [0.25, 0.3) is 0 Å². The number of benzene rings is 1. The highest BCUT2D eigenvalue weighted by Gasteiger charge is 2.24. The van der Waals surface area contributed by atoms with E-state index in [1.54, 1.807) is 0 Å². The van der Waals surface area contributed by atoms with Gasteiger partial charge in [-0.15, -0.1) is 0 Å². The Morgan fingerprint density at radius 3 is 2.25 bits per heavy atom. The number of amides is 1. The molecule has 0 radical (unpaired) electrons. The van der Waals surface area contributed by atoms with E-state index >= 15 is 0 Å². The summed E-state index contributed by atoms with van der Waals surface area (Å²) >= 11 is 0. The predicted molar refractivity (Wildman–Crippen MR) is 78.8 cm³/mol. The lowest BCUT2D eigenvalue weighted by atomic mass is 9.92. The van der Waals surface area contributed by atoms with Crippen molar-refractivity contribution in [2.45, 2.75) is 56.6 Å². The Morgan fingerprint density at radius 1 is 1.05 bits per heavy atom. The number of hydrogen-bond acceptors (Lipinski definition) is 3. The second kappa shape index (κ2) is 5.73. The lowest BCUT2D eigenvalue weighted by Gasteiger charge is -2.29. The number of ether oxygens (including phenoxy) is 1. The van der Waals surface area contributed by atoms with E-state index in [4.69, 9.17) is 10.5 Å². The Kier molecular flexibility index (Phi) is 3.81. The first-order chi connectivity index (χ1) is 9.70. The number of carbonyl (C=O) groups excluding carboxylic acids is 1. The van der Waals surface area contributed by atoms with E-state index in [-0.39, 0.29) is 6.10 Å². The fraction of sp³-hybridized carbons (Fsp3) is 0.562. The molecule has 108 valence electrons. The molecule has 3 N–H and O–H groups in total. The zero-order valence-corrected chi connectivity index (χ0v) is 11.7. The fourth-order valence-corrected chi connectivity index (χ4v) is 2.99. The zero-order chi connectivity index (χ0) is 13.9. The number of rotatable bonds is 4. The molecular weight excluding hydrogens is 252 g/mol. The van der Waals surface area contributed by atoms with Crippen molar-refractivity contribution in [1.29, 1.82) is 0 Å². The topological polar surface area (TPSA) is 64.4 Å². The molecule has 1 aromatic carbocycles. The Bertz CT molecular complexity index is 460. The van der Waals surface area contributed by atoms with Crippen molar-refractivity contribution in [1.82, 2.24) is 0 Å². The molecule has 2 aliphatic carbocycles. The van der Waals surface area contributed by atoms with E-state index in [0.717, 1.165) is 31.6 Å². The predicted octanol–water partition coefficient (Wildman–Crippen LogP) is 3.38. The van der Waals surface area contributed by atoms with Gasteiger partial charge in [-0.2, -0.15) is 0 Å². The van der Waals surface area contributed by atoms with Crippen LogP contribution in [-0.2, 0) is 4.74 Å². The van der Waals surface area contributed by atoms with Gasteiger partial charge >= 0.3 is 6.09 Å². The van der Waals surface area contributed by atoms with Crippen LogP contribution in [0.2, 0.25) is 0 Å². The number of carbonyl (C=O) groups is 1. The molecule has 1 aromatic rings. The van der Waals surface area contributed by atoms with Crippen LogP contribution in [0.3, 0.4) is 0 Å². The van der Waals surface area contributed by atoms with Crippen LogP contribution in [0.4, 0.5) is 10.5 Å². The molecular formula is C16H22N2O2. The van der Waals surface area contributed by atoms with Crippen molar-refractivity contribution in [3.8, 4) is 0 Å². The van der Waals surface area contributed by atoms with Crippen LogP contribution in [0.25, 0.3) is 0 Å². The summed E-state index contributed by atoms with van der Waals surface area (Å²) in [6, 6.07) is 9.30. The van der Waals surface area contributed by atoms with Crippen molar-refractivity contribution < 1.29 is 9.53 Å². The van der Waals surface area contributed by atoms with E-state index in [9.17, 15) is 4.79 Å². The highest BCUT2D eigenvalue weighted by atomic mass is 16.6. The van der Waals surface area contributed by atoms with Crippen LogP contribution in [0.1, 0.15) is 50.0 Å². The smallest absolute Gasteiger partial charge is 0.404 e. The molecule has 20 heavy (non-hydrogen) atoms. The Morgan fingerprint density at radius 2 is 1.70 bits per heavy atom. The number of hydrogen-bond donors (Lipinski definition) is 2. The van der Waals surface area contributed by atoms with E-state index in [0.29, 0.717) is 6.04 Å². The third-order valence-corrected chi connectivity index (χ3v) is 4.29. The summed E-state index contributed by atoms with van der Waals surface area (Å²) in [6.07, 6.45) is 5.85. The zero-order valence-electron chi connectivity index (χ0n) is 11.7. The number of anilines is 1. The molecule has 4 heteroatoms. The lowest BCUT2D eigenvalue weighted by molar-refractivity contribution is 0.0806. The summed E-state index contributed by atoms with van der Waals surface area (Å²) in [5.41, 5.74) is 7.70. The van der Waals surface area contributed by atoms with Crippen LogP contribution < -0.4 is 11.1 Å². The van der Waals surface area contributed by atoms with E-state index in [1.165, 1.54) is 24.1 Å². The quantitative estimate of drug-likeness (QED) is 0.884. The summed E-state index contributed by atoms with van der Waals surface area (Å²) in [4.78, 5) is 10.7. The molecule has 0 aromatic heterocycles. The second-order valence-corrected chi connectivity index (χ2v) is 5.95. The average molecular weight is 274 g/mol. The van der Waals surface area contributed by atoms with Gasteiger partial charge in [-0.3, -0.25) is 0 Å². The van der Waals surface area contributed by atoms with Gasteiger partial charge in [0.1, 0.15) is 6.10 Å². The highest BCUT2D eigenvalue weighted by molar-refractivity contribution is 5.64. The van der Waals surface area contributed by atoms with Gasteiger partial charge in [0, 0.05) is 11.7 Å². The molecule has 2 aliphatic rings. The summed E-state index contributed by atoms with van der Waals surface area (Å²) in [5, 5.41) is 3.57. The number of nitrogens with two attached hydrogens (primary N) is 1. The maximum absolute atomic E-state index is 10.7. The molecule has 0 bridgehead atoms. The monoisotopic (exact) mass is 274 g/mol. The van der Waals surface area contributed by atoms with Crippen LogP contribution in [0, 0.1) is 0 Å². The van der Waals surface area contributed by atoms with Crippen LogP contribution in [0.15, 0.2) is 24.3 Å². The molecule has 3 rings (SSSR count). The first kappa shape index (κ1) is 13.3. The normalized spacial score (nSPS) is 26.0. The Balaban J connectivity index is 1.47. The molecule has 2 saturated carbocycles. The van der Waals surface area contributed by atoms with Gasteiger partial charge in [-0.1, -0.05) is 12.1 Å². The molecule has 1 amide bonds. The third-order valence-electron chi connectivity index (χ3n) is 4.29. The van der Waals surface area contributed by atoms with E-state index in [1.807, 2.05) is 0 Å². The van der Waals surface area contributed by atoms with E-state index < -0.39 is 6.09 Å². The standard InChI is InChI=1S/C16H22N2O2/c17-16(19)20-15-9-7-14(8-10-15)18-13-5-3-12(4-6-13)11-1-2-11/h3-6,11,14-15,18H,1-2,7-10H2,(H2,17,19). The van der Waals surface area contributed by atoms with E-state index in [2.05, 4.69) is 29.6 Å². The first-order valence-electron chi connectivity index (χ1n) is 7.53. The molecule has 0 spiro atoms. The average Bonchev–Trinajstić information content (AvgIpc) is 3.26. The minimum Gasteiger partial charge on any atom is -0.446 e. The summed E-state index contributed by atoms with van der Waals surface area (Å²) < 4.78 is 5.05. The van der Waals surface area contributed by atoms with Gasteiger partial charge < -0.3 is 15.8 Å². The fourth-order valence-electron chi connectivity index (χ4n) is 2.99. The van der Waals surface area contributed by atoms with Gasteiger partial charge in [-0.25, -0.2) is 4.79 Å². The van der Waals surface area contributed by atoms with Crippen molar-refractivity contribution in [2.24, 2.45) is 5.73 Å². The van der Waals surface area contributed by atoms with Crippen molar-refractivity contribution >= 4 is 11.8 Å². The first-order valence-corrected chi connectivity index (χ1v) is 7.53. The number of nitrogens with one attached hydrogen (secondary N) is 1. The highest BCUT2D eigenvalue weighted by Crippen LogP contribution is 2.40. The minimum absolute atomic E-state index is 0.00259. The Labute approximate surface area is 119 Å². The molecule has 0 atom stereocenters. The molecule has 0 unspecified atom stereocenters. The summed E-state index contributed by atoms with van der Waals surface area (Å²) in [6.45, 7) is 0. The maximum atomic E-state index is 10.7. The lowest BCUT2D eigenvalue weighted by Crippen LogP contribution is -2.32. The Hall–Kier alpha value is -1.71. The minimum atomic E-state index is -0.655. The van der Waals surface area contributed by atoms with Gasteiger partial charge in [0.2, 0.25) is 0 Å².